The summed E-state index contributed by atoms with van der Waals surface area (Å²) in [5.74, 6) is -1.88. The molecule has 0 saturated carbocycles. The van der Waals surface area contributed by atoms with Crippen LogP contribution in [-0.4, -0.2) is 36.2 Å². The average molecular weight is 327 g/mol. The second-order valence-electron chi connectivity index (χ2n) is 5.38. The first-order chi connectivity index (χ1) is 11.0. The van der Waals surface area contributed by atoms with Gasteiger partial charge >= 0.3 is 6.03 Å². The maximum absolute atomic E-state index is 13.5. The molecule has 0 radical (unpaired) electrons. The molecule has 1 saturated heterocycles. The summed E-state index contributed by atoms with van der Waals surface area (Å²) in [6.45, 7) is 0.323. The van der Waals surface area contributed by atoms with Crippen molar-refractivity contribution in [2.75, 3.05) is 13.1 Å². The van der Waals surface area contributed by atoms with E-state index in [-0.39, 0.29) is 18.0 Å². The number of nitrogens with one attached hydrogen (secondary N) is 3. The largest absolute Gasteiger partial charge is 0.386 e. The Kier molecular flexibility index (Phi) is 5.86. The van der Waals surface area contributed by atoms with Crippen LogP contribution in [0.15, 0.2) is 18.2 Å². The Morgan fingerprint density at radius 1 is 1.39 bits per heavy atom. The van der Waals surface area contributed by atoms with Gasteiger partial charge in [0.2, 0.25) is 5.91 Å². The molecule has 0 aliphatic carbocycles. The van der Waals surface area contributed by atoms with E-state index in [9.17, 15) is 23.5 Å². The van der Waals surface area contributed by atoms with Crippen molar-refractivity contribution >= 4 is 11.9 Å². The predicted octanol–water partition coefficient (Wildman–Crippen LogP) is 0.966. The lowest BCUT2D eigenvalue weighted by atomic mass is 10.1. The Labute approximate surface area is 132 Å². The van der Waals surface area contributed by atoms with Crippen molar-refractivity contribution in [1.82, 2.24) is 16.0 Å². The van der Waals surface area contributed by atoms with E-state index in [0.717, 1.165) is 25.0 Å². The van der Waals surface area contributed by atoms with Gasteiger partial charge in [0.25, 0.3) is 0 Å². The van der Waals surface area contributed by atoms with E-state index in [1.54, 1.807) is 0 Å². The van der Waals surface area contributed by atoms with Gasteiger partial charge in [0.15, 0.2) is 0 Å². The number of carbonyl (C=O) groups excluding carboxylic acids is 2. The molecular formula is C15H19F2N3O3. The first kappa shape index (κ1) is 17.1. The number of carbonyl (C=O) groups is 2. The zero-order valence-electron chi connectivity index (χ0n) is 12.4. The number of hydrogen-bond donors (Lipinski definition) is 4. The van der Waals surface area contributed by atoms with Gasteiger partial charge in [-0.25, -0.2) is 13.6 Å². The van der Waals surface area contributed by atoms with Crippen LogP contribution in [0.3, 0.4) is 0 Å². The molecule has 126 valence electrons. The number of aliphatic hydroxyl groups excluding tert-OH is 1. The van der Waals surface area contributed by atoms with Crippen LogP contribution >= 0.6 is 0 Å². The minimum absolute atomic E-state index is 0.112. The average Bonchev–Trinajstić information content (AvgIpc) is 2.70. The van der Waals surface area contributed by atoms with Crippen LogP contribution in [-0.2, 0) is 4.79 Å². The van der Waals surface area contributed by atoms with Gasteiger partial charge in [-0.2, -0.15) is 0 Å². The number of benzene rings is 1. The van der Waals surface area contributed by atoms with E-state index >= 15 is 0 Å². The second-order valence-corrected chi connectivity index (χ2v) is 5.38. The number of rotatable bonds is 4. The smallest absolute Gasteiger partial charge is 0.315 e. The fraction of sp³-hybridized carbons (Fsp3) is 0.467. The molecule has 23 heavy (non-hydrogen) atoms. The molecule has 1 aromatic rings. The molecule has 1 aromatic carbocycles. The van der Waals surface area contributed by atoms with Crippen molar-refractivity contribution in [2.24, 2.45) is 0 Å². The lowest BCUT2D eigenvalue weighted by Gasteiger charge is -2.17. The highest BCUT2D eigenvalue weighted by Crippen LogP contribution is 2.17. The topological polar surface area (TPSA) is 90.5 Å². The molecule has 1 fully saturated rings. The van der Waals surface area contributed by atoms with Crippen LogP contribution in [0.2, 0.25) is 0 Å². The van der Waals surface area contributed by atoms with Crippen LogP contribution in [0, 0.1) is 11.6 Å². The maximum Gasteiger partial charge on any atom is 0.315 e. The number of amides is 3. The van der Waals surface area contributed by atoms with Gasteiger partial charge in [0.05, 0.1) is 6.10 Å². The maximum atomic E-state index is 13.5. The quantitative estimate of drug-likeness (QED) is 0.664. The zero-order chi connectivity index (χ0) is 16.8. The van der Waals surface area contributed by atoms with E-state index in [1.165, 1.54) is 0 Å². The van der Waals surface area contributed by atoms with Gasteiger partial charge in [0.1, 0.15) is 17.7 Å². The van der Waals surface area contributed by atoms with Gasteiger partial charge < -0.3 is 21.1 Å². The normalized spacial score (nSPS) is 19.4. The van der Waals surface area contributed by atoms with Crippen molar-refractivity contribution in [3.63, 3.8) is 0 Å². The van der Waals surface area contributed by atoms with Crippen molar-refractivity contribution in [3.8, 4) is 0 Å². The molecule has 2 unspecified atom stereocenters. The molecule has 1 heterocycles. The third-order valence-corrected chi connectivity index (χ3v) is 3.62. The fourth-order valence-electron chi connectivity index (χ4n) is 2.36. The van der Waals surface area contributed by atoms with E-state index in [4.69, 9.17) is 0 Å². The van der Waals surface area contributed by atoms with Gasteiger partial charge in [0, 0.05) is 24.7 Å². The number of aliphatic hydroxyl groups is 1. The summed E-state index contributed by atoms with van der Waals surface area (Å²) in [6.07, 6.45) is 0.889. The second kappa shape index (κ2) is 7.87. The molecule has 2 atom stereocenters. The van der Waals surface area contributed by atoms with Gasteiger partial charge in [-0.15, -0.1) is 0 Å². The minimum Gasteiger partial charge on any atom is -0.386 e. The number of halogens is 2. The third kappa shape index (κ3) is 4.88. The highest BCUT2D eigenvalue weighted by molar-refractivity contribution is 5.87. The van der Waals surface area contributed by atoms with Crippen LogP contribution in [0.4, 0.5) is 13.6 Å². The first-order valence-corrected chi connectivity index (χ1v) is 7.42. The van der Waals surface area contributed by atoms with E-state index in [1.807, 2.05) is 0 Å². The molecule has 3 amide bonds. The summed E-state index contributed by atoms with van der Waals surface area (Å²) >= 11 is 0. The summed E-state index contributed by atoms with van der Waals surface area (Å²) in [5, 5.41) is 17.4. The molecule has 8 heteroatoms. The number of urea groups is 1. The molecule has 2 rings (SSSR count). The molecule has 0 bridgehead atoms. The van der Waals surface area contributed by atoms with Crippen molar-refractivity contribution in [3.05, 3.63) is 35.4 Å². The Balaban J connectivity index is 1.84. The summed E-state index contributed by atoms with van der Waals surface area (Å²) in [6, 6.07) is 1.55. The van der Waals surface area contributed by atoms with Crippen molar-refractivity contribution in [1.29, 1.82) is 0 Å². The van der Waals surface area contributed by atoms with Crippen LogP contribution in [0.5, 0.6) is 0 Å². The lowest BCUT2D eigenvalue weighted by molar-refractivity contribution is -0.122. The van der Waals surface area contributed by atoms with Crippen LogP contribution < -0.4 is 16.0 Å². The Morgan fingerprint density at radius 3 is 2.91 bits per heavy atom. The first-order valence-electron chi connectivity index (χ1n) is 7.42. The van der Waals surface area contributed by atoms with E-state index in [0.29, 0.717) is 19.0 Å². The van der Waals surface area contributed by atoms with Gasteiger partial charge in [-0.3, -0.25) is 4.79 Å². The molecule has 1 aliphatic rings. The highest BCUT2D eigenvalue weighted by Gasteiger charge is 2.22. The highest BCUT2D eigenvalue weighted by atomic mass is 19.1. The van der Waals surface area contributed by atoms with E-state index in [2.05, 4.69) is 16.0 Å². The molecule has 4 N–H and O–H groups in total. The van der Waals surface area contributed by atoms with Crippen LogP contribution in [0.25, 0.3) is 0 Å². The molecule has 1 aliphatic heterocycles. The summed E-state index contributed by atoms with van der Waals surface area (Å²) < 4.78 is 26.3. The standard InChI is InChI=1S/C15H19F2N3O3/c16-9-4-5-10(11(17)7-9)13(21)8-19-15(23)20-12-3-1-2-6-18-14(12)22/h4-5,7,12-13,21H,1-3,6,8H2,(H,18,22)(H2,19,20,23). The van der Waals surface area contributed by atoms with Gasteiger partial charge in [-0.1, -0.05) is 6.07 Å². The van der Waals surface area contributed by atoms with Gasteiger partial charge in [-0.05, 0) is 25.3 Å². The van der Waals surface area contributed by atoms with Crippen LogP contribution in [0.1, 0.15) is 30.9 Å². The SMILES string of the molecule is O=C(NCC(O)c1ccc(F)cc1F)NC1CCCCNC1=O. The van der Waals surface area contributed by atoms with Crippen molar-refractivity contribution < 1.29 is 23.5 Å². The zero-order valence-corrected chi connectivity index (χ0v) is 12.4. The molecule has 0 spiro atoms. The van der Waals surface area contributed by atoms with E-state index < -0.39 is 29.8 Å². The summed E-state index contributed by atoms with van der Waals surface area (Å²) in [5.41, 5.74) is -0.112. The predicted molar refractivity (Wildman–Crippen MR) is 78.5 cm³/mol. The lowest BCUT2D eigenvalue weighted by Crippen LogP contribution is -2.49. The minimum atomic E-state index is -1.32. The molecule has 0 aromatic heterocycles. The Hall–Kier alpha value is -2.22. The summed E-state index contributed by atoms with van der Waals surface area (Å²) in [7, 11) is 0. The molecular weight excluding hydrogens is 308 g/mol. The molecule has 6 nitrogen and oxygen atoms in total. The van der Waals surface area contributed by atoms with Crippen molar-refractivity contribution in [2.45, 2.75) is 31.4 Å². The third-order valence-electron chi connectivity index (χ3n) is 3.62. The Bertz CT molecular complexity index is 583. The fourth-order valence-corrected chi connectivity index (χ4v) is 2.36. The Morgan fingerprint density at radius 2 is 2.17 bits per heavy atom. The monoisotopic (exact) mass is 327 g/mol. The summed E-state index contributed by atoms with van der Waals surface area (Å²) in [4.78, 5) is 23.5. The number of hydrogen-bond acceptors (Lipinski definition) is 3.